The molecule has 0 aliphatic heterocycles. The number of hydrogen-bond donors (Lipinski definition) is 1. The van der Waals surface area contributed by atoms with Crippen molar-refractivity contribution in [2.75, 3.05) is 0 Å². The third-order valence-electron chi connectivity index (χ3n) is 2.58. The van der Waals surface area contributed by atoms with E-state index in [9.17, 15) is 13.0 Å². The molecule has 3 nitrogen and oxygen atoms in total. The Labute approximate surface area is 109 Å². The highest BCUT2D eigenvalue weighted by molar-refractivity contribution is 7.86. The molecule has 0 aromatic heterocycles. The Balaban J connectivity index is 0.00000256. The molecule has 1 rings (SSSR count). The van der Waals surface area contributed by atoms with Crippen molar-refractivity contribution in [1.29, 1.82) is 0 Å². The molecule has 0 unspecified atom stereocenters. The Kier molecular flexibility index (Phi) is 5.65. The van der Waals surface area contributed by atoms with Gasteiger partial charge in [0.1, 0.15) is 4.90 Å². The summed E-state index contributed by atoms with van der Waals surface area (Å²) in [5, 5.41) is 0. The second-order valence-electron chi connectivity index (χ2n) is 4.55. The van der Waals surface area contributed by atoms with Gasteiger partial charge >= 0.3 is 0 Å². The van der Waals surface area contributed by atoms with Crippen LogP contribution < -0.4 is 0 Å². The van der Waals surface area contributed by atoms with Gasteiger partial charge in [-0.15, -0.1) is 12.4 Å². The summed E-state index contributed by atoms with van der Waals surface area (Å²) in [6.07, 6.45) is 0. The van der Waals surface area contributed by atoms with E-state index in [4.69, 9.17) is 0 Å². The van der Waals surface area contributed by atoms with Crippen molar-refractivity contribution >= 4 is 22.5 Å². The summed E-state index contributed by atoms with van der Waals surface area (Å²) < 4.78 is 32.2. The molecule has 1 aromatic carbocycles. The lowest BCUT2D eigenvalue weighted by Crippen LogP contribution is -2.09. The first kappa shape index (κ1) is 16.4. The van der Waals surface area contributed by atoms with Crippen LogP contribution in [-0.2, 0) is 10.1 Å². The number of hydrogen-bond acceptors (Lipinski definition) is 2. The van der Waals surface area contributed by atoms with E-state index in [1.54, 1.807) is 12.1 Å². The first-order valence-electron chi connectivity index (χ1n) is 5.35. The van der Waals surface area contributed by atoms with Crippen LogP contribution in [0.1, 0.15) is 50.7 Å². The first-order valence-corrected chi connectivity index (χ1v) is 6.79. The van der Waals surface area contributed by atoms with Gasteiger partial charge in [0, 0.05) is 0 Å². The van der Waals surface area contributed by atoms with Crippen molar-refractivity contribution in [1.82, 2.24) is 0 Å². The summed E-state index contributed by atoms with van der Waals surface area (Å²) in [7, 11) is -4.15. The van der Waals surface area contributed by atoms with Crippen molar-refractivity contribution in [3.63, 3.8) is 0 Å². The molecule has 0 radical (unpaired) electrons. The SMILES string of the molecule is CC(C)c1cccc(C(C)C)c1S(=O)(=O)O.Cl. The van der Waals surface area contributed by atoms with Crippen LogP contribution in [0.5, 0.6) is 0 Å². The molecule has 0 aliphatic carbocycles. The molecule has 17 heavy (non-hydrogen) atoms. The van der Waals surface area contributed by atoms with Gasteiger partial charge in [0.15, 0.2) is 0 Å². The van der Waals surface area contributed by atoms with Crippen LogP contribution >= 0.6 is 12.4 Å². The zero-order chi connectivity index (χ0) is 12.5. The van der Waals surface area contributed by atoms with E-state index < -0.39 is 10.1 Å². The Hall–Kier alpha value is -0.580. The summed E-state index contributed by atoms with van der Waals surface area (Å²) in [4.78, 5) is 0.0833. The Morgan fingerprint density at radius 3 is 1.59 bits per heavy atom. The Bertz CT molecular complexity index is 452. The molecule has 0 saturated heterocycles. The molecular formula is C12H19ClO3S. The molecule has 0 aliphatic rings. The van der Waals surface area contributed by atoms with Crippen molar-refractivity contribution in [2.45, 2.75) is 44.4 Å². The van der Waals surface area contributed by atoms with Gasteiger partial charge in [0.05, 0.1) is 0 Å². The average molecular weight is 279 g/mol. The summed E-state index contributed by atoms with van der Waals surface area (Å²) in [5.74, 6) is 0.131. The van der Waals surface area contributed by atoms with Gasteiger partial charge < -0.3 is 0 Å². The highest BCUT2D eigenvalue weighted by atomic mass is 35.5. The monoisotopic (exact) mass is 278 g/mol. The van der Waals surface area contributed by atoms with E-state index in [0.717, 1.165) is 0 Å². The fourth-order valence-electron chi connectivity index (χ4n) is 1.78. The molecule has 0 heterocycles. The molecular weight excluding hydrogens is 260 g/mol. The lowest BCUT2D eigenvalue weighted by atomic mass is 9.95. The maximum absolute atomic E-state index is 11.4. The molecule has 0 atom stereocenters. The van der Waals surface area contributed by atoms with Crippen LogP contribution in [0.2, 0.25) is 0 Å². The van der Waals surface area contributed by atoms with Gasteiger partial charge in [-0.3, -0.25) is 4.55 Å². The number of halogens is 1. The van der Waals surface area contributed by atoms with Gasteiger partial charge in [0.2, 0.25) is 0 Å². The molecule has 0 amide bonds. The van der Waals surface area contributed by atoms with E-state index in [2.05, 4.69) is 0 Å². The first-order chi connectivity index (χ1) is 7.25. The smallest absolute Gasteiger partial charge is 0.282 e. The predicted octanol–water partition coefficient (Wildman–Crippen LogP) is 3.60. The van der Waals surface area contributed by atoms with E-state index in [1.165, 1.54) is 0 Å². The van der Waals surface area contributed by atoms with Gasteiger partial charge in [-0.1, -0.05) is 45.9 Å². The number of rotatable bonds is 3. The zero-order valence-electron chi connectivity index (χ0n) is 10.5. The fraction of sp³-hybridized carbons (Fsp3) is 0.500. The minimum Gasteiger partial charge on any atom is -0.282 e. The summed E-state index contributed by atoms with van der Waals surface area (Å²) >= 11 is 0. The molecule has 1 aromatic rings. The standard InChI is InChI=1S/C12H18O3S.ClH/c1-8(2)10-6-5-7-11(9(3)4)12(10)16(13,14)15;/h5-9H,1-4H3,(H,13,14,15);1H. The minimum absolute atomic E-state index is 0. The molecule has 0 spiro atoms. The quantitative estimate of drug-likeness (QED) is 0.860. The molecule has 0 saturated carbocycles. The minimum atomic E-state index is -4.15. The third kappa shape index (κ3) is 3.69. The Morgan fingerprint density at radius 2 is 1.35 bits per heavy atom. The average Bonchev–Trinajstić information content (AvgIpc) is 2.15. The summed E-state index contributed by atoms with van der Waals surface area (Å²) in [5.41, 5.74) is 1.35. The van der Waals surface area contributed by atoms with E-state index in [1.807, 2.05) is 33.8 Å². The van der Waals surface area contributed by atoms with Crippen molar-refractivity contribution in [3.8, 4) is 0 Å². The topological polar surface area (TPSA) is 54.4 Å². The maximum atomic E-state index is 11.4. The van der Waals surface area contributed by atoms with Gasteiger partial charge in [-0.05, 0) is 23.0 Å². The second-order valence-corrected chi connectivity index (χ2v) is 5.91. The van der Waals surface area contributed by atoms with Gasteiger partial charge in [-0.25, -0.2) is 0 Å². The lowest BCUT2D eigenvalue weighted by Gasteiger charge is -2.16. The van der Waals surface area contributed by atoms with Crippen molar-refractivity contribution < 1.29 is 13.0 Å². The van der Waals surface area contributed by atoms with Crippen LogP contribution in [0.4, 0.5) is 0 Å². The maximum Gasteiger partial charge on any atom is 0.295 e. The van der Waals surface area contributed by atoms with E-state index >= 15 is 0 Å². The van der Waals surface area contributed by atoms with Crippen LogP contribution in [0.15, 0.2) is 23.1 Å². The predicted molar refractivity (Wildman–Crippen MR) is 71.7 cm³/mol. The summed E-state index contributed by atoms with van der Waals surface area (Å²) in [6.45, 7) is 7.64. The van der Waals surface area contributed by atoms with Crippen LogP contribution in [0.3, 0.4) is 0 Å². The number of benzene rings is 1. The van der Waals surface area contributed by atoms with Crippen LogP contribution in [0.25, 0.3) is 0 Å². The molecule has 1 N–H and O–H groups in total. The zero-order valence-corrected chi connectivity index (χ0v) is 12.1. The van der Waals surface area contributed by atoms with Crippen LogP contribution in [-0.4, -0.2) is 13.0 Å². The largest absolute Gasteiger partial charge is 0.295 e. The Morgan fingerprint density at radius 1 is 1.00 bits per heavy atom. The molecule has 0 fully saturated rings. The second kappa shape index (κ2) is 5.85. The fourth-order valence-corrected chi connectivity index (χ4v) is 2.98. The van der Waals surface area contributed by atoms with Crippen LogP contribution in [0, 0.1) is 0 Å². The molecule has 5 heteroatoms. The van der Waals surface area contributed by atoms with Crippen molar-refractivity contribution in [2.24, 2.45) is 0 Å². The van der Waals surface area contributed by atoms with E-state index in [0.29, 0.717) is 11.1 Å². The molecule has 0 bridgehead atoms. The lowest BCUT2D eigenvalue weighted by molar-refractivity contribution is 0.479. The summed E-state index contributed by atoms with van der Waals surface area (Å²) in [6, 6.07) is 5.33. The van der Waals surface area contributed by atoms with Crippen molar-refractivity contribution in [3.05, 3.63) is 29.3 Å². The highest BCUT2D eigenvalue weighted by Crippen LogP contribution is 2.31. The van der Waals surface area contributed by atoms with Gasteiger partial charge in [-0.2, -0.15) is 8.42 Å². The third-order valence-corrected chi connectivity index (χ3v) is 3.57. The van der Waals surface area contributed by atoms with Gasteiger partial charge in [0.25, 0.3) is 10.1 Å². The normalized spacial score (nSPS) is 11.7. The highest BCUT2D eigenvalue weighted by Gasteiger charge is 2.22. The van der Waals surface area contributed by atoms with E-state index in [-0.39, 0.29) is 29.1 Å². The molecule has 98 valence electrons.